The Hall–Kier alpha value is -0.650. The molecule has 0 spiro atoms. The smallest absolute Gasteiger partial charge is 0.0726 e. The Kier molecular flexibility index (Phi) is 3.54. The van der Waals surface area contributed by atoms with Gasteiger partial charge in [0.2, 0.25) is 0 Å². The fraction of sp³-hybridized carbons (Fsp3) is 0.462. The fourth-order valence-corrected chi connectivity index (χ4v) is 4.10. The van der Waals surface area contributed by atoms with Crippen LogP contribution in [0.1, 0.15) is 24.2 Å². The van der Waals surface area contributed by atoms with Crippen molar-refractivity contribution in [3.8, 4) is 10.4 Å². The van der Waals surface area contributed by atoms with Crippen molar-refractivity contribution in [3.63, 3.8) is 0 Å². The average Bonchev–Trinajstić information content (AvgIpc) is 2.92. The number of thiophene rings is 1. The third-order valence-corrected chi connectivity index (χ3v) is 5.07. The first-order chi connectivity index (χ1) is 8.79. The van der Waals surface area contributed by atoms with Gasteiger partial charge in [-0.25, -0.2) is 0 Å². The monoisotopic (exact) mass is 325 g/mol. The molecule has 5 heteroatoms. The van der Waals surface area contributed by atoms with Gasteiger partial charge in [0, 0.05) is 39.0 Å². The molecule has 2 aromatic heterocycles. The summed E-state index contributed by atoms with van der Waals surface area (Å²) in [7, 11) is 0. The summed E-state index contributed by atoms with van der Waals surface area (Å²) in [5, 5.41) is 6.89. The third kappa shape index (κ3) is 2.15. The fourth-order valence-electron chi connectivity index (χ4n) is 2.59. The molecule has 0 bridgehead atoms. The van der Waals surface area contributed by atoms with E-state index in [1.165, 1.54) is 34.7 Å². The molecule has 96 valence electrons. The van der Waals surface area contributed by atoms with Gasteiger partial charge in [-0.1, -0.05) is 0 Å². The van der Waals surface area contributed by atoms with Crippen molar-refractivity contribution in [2.45, 2.75) is 32.2 Å². The lowest BCUT2D eigenvalue weighted by Gasteiger charge is -2.14. The van der Waals surface area contributed by atoms with Crippen LogP contribution in [-0.2, 0) is 19.4 Å². The van der Waals surface area contributed by atoms with Crippen LogP contribution in [-0.4, -0.2) is 16.3 Å². The van der Waals surface area contributed by atoms with E-state index >= 15 is 0 Å². The molecule has 3 nitrogen and oxygen atoms in total. The summed E-state index contributed by atoms with van der Waals surface area (Å²) in [4.78, 5) is 1.31. The van der Waals surface area contributed by atoms with E-state index in [1.54, 1.807) is 11.3 Å². The molecule has 0 atom stereocenters. The Bertz CT molecular complexity index is 559. The molecule has 18 heavy (non-hydrogen) atoms. The minimum atomic E-state index is 0.663. The van der Waals surface area contributed by atoms with Crippen LogP contribution in [0.3, 0.4) is 0 Å². The minimum absolute atomic E-state index is 0.663. The van der Waals surface area contributed by atoms with Crippen molar-refractivity contribution < 1.29 is 0 Å². The maximum absolute atomic E-state index is 5.72. The van der Waals surface area contributed by atoms with E-state index in [0.29, 0.717) is 6.54 Å². The molecular weight excluding hydrogens is 310 g/mol. The first kappa shape index (κ1) is 12.4. The van der Waals surface area contributed by atoms with Crippen molar-refractivity contribution in [3.05, 3.63) is 27.3 Å². The molecule has 0 aromatic carbocycles. The molecule has 0 saturated carbocycles. The second-order valence-corrected chi connectivity index (χ2v) is 6.44. The van der Waals surface area contributed by atoms with Gasteiger partial charge in [0.15, 0.2) is 0 Å². The number of aryl methyl sites for hydroxylation is 1. The van der Waals surface area contributed by atoms with Gasteiger partial charge in [-0.3, -0.25) is 4.68 Å². The average molecular weight is 326 g/mol. The van der Waals surface area contributed by atoms with Crippen LogP contribution in [0.4, 0.5) is 0 Å². The van der Waals surface area contributed by atoms with Gasteiger partial charge in [0.25, 0.3) is 0 Å². The van der Waals surface area contributed by atoms with E-state index in [0.717, 1.165) is 23.9 Å². The number of hydrogen-bond donors (Lipinski definition) is 1. The lowest BCUT2D eigenvalue weighted by Crippen LogP contribution is -2.11. The molecule has 1 aliphatic rings. The summed E-state index contributed by atoms with van der Waals surface area (Å²) in [5.41, 5.74) is 9.63. The van der Waals surface area contributed by atoms with Crippen molar-refractivity contribution in [1.82, 2.24) is 9.78 Å². The Labute approximate surface area is 119 Å². The molecule has 0 amide bonds. The number of hydrogen-bond acceptors (Lipinski definition) is 3. The number of nitrogens with zero attached hydrogens (tertiary/aromatic N) is 2. The number of rotatable bonds is 3. The predicted molar refractivity (Wildman–Crippen MR) is 78.9 cm³/mol. The minimum Gasteiger partial charge on any atom is -0.330 e. The molecule has 0 saturated heterocycles. The maximum Gasteiger partial charge on any atom is 0.0726 e. The highest BCUT2D eigenvalue weighted by atomic mass is 79.9. The van der Waals surface area contributed by atoms with E-state index < -0.39 is 0 Å². The van der Waals surface area contributed by atoms with Gasteiger partial charge in [-0.05, 0) is 47.8 Å². The van der Waals surface area contributed by atoms with Crippen molar-refractivity contribution in [2.24, 2.45) is 5.73 Å². The first-order valence-electron chi connectivity index (χ1n) is 6.32. The van der Waals surface area contributed by atoms with Crippen molar-refractivity contribution in [2.75, 3.05) is 6.54 Å². The number of aromatic nitrogens is 2. The Morgan fingerprint density at radius 3 is 3.06 bits per heavy atom. The Morgan fingerprint density at radius 1 is 1.44 bits per heavy atom. The number of halogens is 1. The van der Waals surface area contributed by atoms with Crippen LogP contribution in [0.5, 0.6) is 0 Å². The Balaban J connectivity index is 2.12. The molecule has 0 aliphatic carbocycles. The van der Waals surface area contributed by atoms with Crippen LogP contribution in [0.15, 0.2) is 15.9 Å². The van der Waals surface area contributed by atoms with Gasteiger partial charge in [0.05, 0.1) is 5.69 Å². The highest BCUT2D eigenvalue weighted by Crippen LogP contribution is 2.36. The summed E-state index contributed by atoms with van der Waals surface area (Å²) < 4.78 is 3.34. The SMILES string of the molecule is NCCc1nn2c(c1-c1cc(Br)cs1)CCCC2. The van der Waals surface area contributed by atoms with E-state index in [4.69, 9.17) is 10.8 Å². The Morgan fingerprint density at radius 2 is 2.33 bits per heavy atom. The predicted octanol–water partition coefficient (Wildman–Crippen LogP) is 3.21. The van der Waals surface area contributed by atoms with Crippen LogP contribution in [0.25, 0.3) is 10.4 Å². The van der Waals surface area contributed by atoms with Crippen LogP contribution < -0.4 is 5.73 Å². The summed E-state index contributed by atoms with van der Waals surface area (Å²) in [5.74, 6) is 0. The van der Waals surface area contributed by atoms with Crippen molar-refractivity contribution >= 4 is 27.3 Å². The second kappa shape index (κ2) is 5.15. The third-order valence-electron chi connectivity index (χ3n) is 3.36. The summed E-state index contributed by atoms with van der Waals surface area (Å²) in [6.45, 7) is 1.72. The molecule has 3 rings (SSSR count). The standard InChI is InChI=1S/C13H16BrN3S/c14-9-7-12(18-8-9)13-10(4-5-15)16-17-6-2-1-3-11(13)17/h7-8H,1-6,15H2. The lowest BCUT2D eigenvalue weighted by atomic mass is 10.0. The zero-order valence-electron chi connectivity index (χ0n) is 10.2. The van der Waals surface area contributed by atoms with Crippen LogP contribution >= 0.6 is 27.3 Å². The molecule has 2 aromatic rings. The molecule has 1 aliphatic heterocycles. The van der Waals surface area contributed by atoms with Gasteiger partial charge in [-0.2, -0.15) is 5.10 Å². The molecule has 0 unspecified atom stereocenters. The number of fused-ring (bicyclic) bond motifs is 1. The quantitative estimate of drug-likeness (QED) is 0.941. The molecule has 3 heterocycles. The second-order valence-electron chi connectivity index (χ2n) is 4.62. The summed E-state index contributed by atoms with van der Waals surface area (Å²) in [6.07, 6.45) is 4.52. The molecule has 0 fully saturated rings. The molecule has 0 radical (unpaired) electrons. The zero-order valence-corrected chi connectivity index (χ0v) is 12.6. The van der Waals surface area contributed by atoms with Crippen LogP contribution in [0, 0.1) is 0 Å². The topological polar surface area (TPSA) is 43.8 Å². The highest BCUT2D eigenvalue weighted by molar-refractivity contribution is 9.10. The molecular formula is C13H16BrN3S. The highest BCUT2D eigenvalue weighted by Gasteiger charge is 2.21. The van der Waals surface area contributed by atoms with E-state index in [2.05, 4.69) is 32.1 Å². The van der Waals surface area contributed by atoms with Gasteiger partial charge in [0.1, 0.15) is 0 Å². The largest absolute Gasteiger partial charge is 0.330 e. The van der Waals surface area contributed by atoms with Gasteiger partial charge in [-0.15, -0.1) is 11.3 Å². The van der Waals surface area contributed by atoms with E-state index in [9.17, 15) is 0 Å². The molecule has 2 N–H and O–H groups in total. The van der Waals surface area contributed by atoms with E-state index in [-0.39, 0.29) is 0 Å². The maximum atomic E-state index is 5.72. The van der Waals surface area contributed by atoms with Crippen molar-refractivity contribution in [1.29, 1.82) is 0 Å². The van der Waals surface area contributed by atoms with E-state index in [1.807, 2.05) is 0 Å². The van der Waals surface area contributed by atoms with Gasteiger partial charge < -0.3 is 5.73 Å². The van der Waals surface area contributed by atoms with Crippen LogP contribution in [0.2, 0.25) is 0 Å². The van der Waals surface area contributed by atoms with Gasteiger partial charge >= 0.3 is 0 Å². The normalized spacial score (nSPS) is 14.8. The lowest BCUT2D eigenvalue weighted by molar-refractivity contribution is 0.484. The summed E-state index contributed by atoms with van der Waals surface area (Å²) >= 11 is 5.31. The number of nitrogens with two attached hydrogens (primary N) is 1. The zero-order chi connectivity index (χ0) is 12.5. The summed E-state index contributed by atoms with van der Waals surface area (Å²) in [6, 6.07) is 2.19. The first-order valence-corrected chi connectivity index (χ1v) is 8.00.